The lowest BCUT2D eigenvalue weighted by Crippen LogP contribution is -2.34. The Morgan fingerprint density at radius 2 is 1.96 bits per heavy atom. The molecule has 0 spiro atoms. The van der Waals surface area contributed by atoms with E-state index in [0.29, 0.717) is 5.82 Å². The summed E-state index contributed by atoms with van der Waals surface area (Å²) < 4.78 is 0. The molecule has 7 nitrogen and oxygen atoms in total. The van der Waals surface area contributed by atoms with Gasteiger partial charge in [0.25, 0.3) is 5.69 Å². The predicted molar refractivity (Wildman–Crippen MR) is 97.8 cm³/mol. The highest BCUT2D eigenvalue weighted by Crippen LogP contribution is 2.33. The maximum Gasteiger partial charge on any atom is 0.269 e. The normalized spacial score (nSPS) is 16.2. The Bertz CT molecular complexity index is 944. The molecular weight excluding hydrogens is 330 g/mol. The van der Waals surface area contributed by atoms with Gasteiger partial charge in [-0.1, -0.05) is 6.07 Å². The van der Waals surface area contributed by atoms with Gasteiger partial charge in [-0.15, -0.1) is 0 Å². The van der Waals surface area contributed by atoms with E-state index in [1.165, 1.54) is 12.1 Å². The molecule has 0 bridgehead atoms. The summed E-state index contributed by atoms with van der Waals surface area (Å²) in [6.07, 6.45) is 4.39. The zero-order chi connectivity index (χ0) is 18.1. The quantitative estimate of drug-likeness (QED) is 0.532. The molecule has 26 heavy (non-hydrogen) atoms. The van der Waals surface area contributed by atoms with Gasteiger partial charge < -0.3 is 4.90 Å². The molecule has 0 fully saturated rings. The first kappa shape index (κ1) is 16.1. The first-order valence-electron chi connectivity index (χ1n) is 8.42. The van der Waals surface area contributed by atoms with Crippen molar-refractivity contribution in [2.45, 2.75) is 19.4 Å². The summed E-state index contributed by atoms with van der Waals surface area (Å²) in [5, 5.41) is 10.8. The van der Waals surface area contributed by atoms with Gasteiger partial charge in [-0.2, -0.15) is 0 Å². The van der Waals surface area contributed by atoms with E-state index in [2.05, 4.69) is 21.8 Å². The van der Waals surface area contributed by atoms with Crippen LogP contribution in [0.4, 0.5) is 11.4 Å². The van der Waals surface area contributed by atoms with Crippen molar-refractivity contribution in [3.05, 3.63) is 76.2 Å². The van der Waals surface area contributed by atoms with Gasteiger partial charge in [-0.3, -0.25) is 15.1 Å². The number of anilines is 1. The van der Waals surface area contributed by atoms with Crippen molar-refractivity contribution in [2.75, 3.05) is 11.4 Å². The van der Waals surface area contributed by atoms with E-state index < -0.39 is 0 Å². The summed E-state index contributed by atoms with van der Waals surface area (Å²) in [5.74, 6) is 0.639. The molecule has 0 radical (unpaired) electrons. The first-order chi connectivity index (χ1) is 12.6. The van der Waals surface area contributed by atoms with Crippen LogP contribution in [-0.2, 0) is 6.42 Å². The second kappa shape index (κ2) is 6.51. The van der Waals surface area contributed by atoms with Crippen molar-refractivity contribution < 1.29 is 4.92 Å². The molecule has 0 amide bonds. The van der Waals surface area contributed by atoms with E-state index in [4.69, 9.17) is 4.98 Å². The smallest absolute Gasteiger partial charge is 0.269 e. The lowest BCUT2D eigenvalue weighted by atomic mass is 9.98. The largest absolute Gasteiger partial charge is 0.364 e. The van der Waals surface area contributed by atoms with Crippen LogP contribution in [-0.4, -0.2) is 26.4 Å². The Morgan fingerprint density at radius 3 is 2.65 bits per heavy atom. The predicted octanol–water partition coefficient (Wildman–Crippen LogP) is 3.57. The van der Waals surface area contributed by atoms with Crippen LogP contribution in [0.15, 0.2) is 54.9 Å². The summed E-state index contributed by atoms with van der Waals surface area (Å²) in [6, 6.07) is 12.5. The number of rotatable bonds is 3. The molecule has 0 saturated carbocycles. The van der Waals surface area contributed by atoms with Crippen LogP contribution in [0.2, 0.25) is 0 Å². The lowest BCUT2D eigenvalue weighted by Gasteiger charge is -2.36. The Kier molecular flexibility index (Phi) is 4.04. The Morgan fingerprint density at radius 1 is 1.15 bits per heavy atom. The topological polar surface area (TPSA) is 85.0 Å². The monoisotopic (exact) mass is 347 g/mol. The third-order valence-electron chi connectivity index (χ3n) is 4.69. The Hall–Kier alpha value is -3.35. The summed E-state index contributed by atoms with van der Waals surface area (Å²) in [6.45, 7) is 2.90. The average Bonchev–Trinajstić information content (AvgIpc) is 2.69. The van der Waals surface area contributed by atoms with Crippen molar-refractivity contribution in [2.24, 2.45) is 0 Å². The van der Waals surface area contributed by atoms with Gasteiger partial charge in [-0.25, -0.2) is 9.97 Å². The standard InChI is InChI=1S/C19H17N5O2/c1-13-16-12-21-19(18-4-2-3-10-20-18)22-17(16)9-11-23(13)14-5-7-15(8-6-14)24(25)26/h2-8,10,12-13H,9,11H2,1H3/t13-/m1/s1. The zero-order valence-corrected chi connectivity index (χ0v) is 14.2. The molecule has 2 aromatic heterocycles. The molecule has 4 rings (SSSR count). The molecule has 1 atom stereocenters. The van der Waals surface area contributed by atoms with Crippen molar-refractivity contribution >= 4 is 11.4 Å². The number of nitrogens with zero attached hydrogens (tertiary/aromatic N) is 5. The molecule has 3 heterocycles. The van der Waals surface area contributed by atoms with E-state index >= 15 is 0 Å². The van der Waals surface area contributed by atoms with Gasteiger partial charge in [0.15, 0.2) is 5.82 Å². The summed E-state index contributed by atoms with van der Waals surface area (Å²) in [7, 11) is 0. The van der Waals surface area contributed by atoms with E-state index in [9.17, 15) is 10.1 Å². The van der Waals surface area contributed by atoms with Crippen LogP contribution < -0.4 is 4.90 Å². The molecule has 1 aromatic carbocycles. The van der Waals surface area contributed by atoms with Crippen LogP contribution >= 0.6 is 0 Å². The molecule has 1 aliphatic heterocycles. The molecule has 0 saturated heterocycles. The average molecular weight is 347 g/mol. The third kappa shape index (κ3) is 2.88. The number of hydrogen-bond acceptors (Lipinski definition) is 6. The minimum atomic E-state index is -0.383. The molecule has 0 unspecified atom stereocenters. The van der Waals surface area contributed by atoms with Crippen molar-refractivity contribution in [3.8, 4) is 11.5 Å². The van der Waals surface area contributed by atoms with Gasteiger partial charge in [-0.05, 0) is 31.2 Å². The SMILES string of the molecule is C[C@@H]1c2cnc(-c3ccccn3)nc2CCN1c1ccc([N+](=O)[O-])cc1. The van der Waals surface area contributed by atoms with Crippen LogP contribution in [0.3, 0.4) is 0 Å². The fraction of sp³-hybridized carbons (Fsp3) is 0.211. The highest BCUT2D eigenvalue weighted by molar-refractivity contribution is 5.55. The lowest BCUT2D eigenvalue weighted by molar-refractivity contribution is -0.384. The second-order valence-corrected chi connectivity index (χ2v) is 6.20. The molecular formula is C19H17N5O2. The number of nitro benzene ring substituents is 1. The minimum absolute atomic E-state index is 0.0954. The number of pyridine rings is 1. The number of fused-ring (bicyclic) bond motifs is 1. The highest BCUT2D eigenvalue weighted by Gasteiger charge is 2.26. The molecule has 0 aliphatic carbocycles. The van der Waals surface area contributed by atoms with Gasteiger partial charge in [0, 0.05) is 48.7 Å². The fourth-order valence-corrected chi connectivity index (χ4v) is 3.30. The summed E-state index contributed by atoms with van der Waals surface area (Å²) >= 11 is 0. The molecule has 0 N–H and O–H groups in total. The van der Waals surface area contributed by atoms with Crippen molar-refractivity contribution in [1.29, 1.82) is 0 Å². The van der Waals surface area contributed by atoms with Crippen molar-refractivity contribution in [3.63, 3.8) is 0 Å². The highest BCUT2D eigenvalue weighted by atomic mass is 16.6. The number of benzene rings is 1. The number of hydrogen-bond donors (Lipinski definition) is 0. The van der Waals surface area contributed by atoms with Crippen molar-refractivity contribution in [1.82, 2.24) is 15.0 Å². The zero-order valence-electron chi connectivity index (χ0n) is 14.2. The van der Waals surface area contributed by atoms with Crippen LogP contribution in [0.25, 0.3) is 11.5 Å². The first-order valence-corrected chi connectivity index (χ1v) is 8.42. The number of aromatic nitrogens is 3. The summed E-state index contributed by atoms with van der Waals surface area (Å²) in [5.41, 5.74) is 3.94. The minimum Gasteiger partial charge on any atom is -0.364 e. The van der Waals surface area contributed by atoms with Crippen LogP contribution in [0.5, 0.6) is 0 Å². The molecule has 1 aliphatic rings. The Labute approximate surface area is 150 Å². The van der Waals surface area contributed by atoms with E-state index in [-0.39, 0.29) is 16.7 Å². The van der Waals surface area contributed by atoms with Gasteiger partial charge in [0.2, 0.25) is 0 Å². The number of nitro groups is 1. The van der Waals surface area contributed by atoms with E-state index in [1.54, 1.807) is 18.3 Å². The van der Waals surface area contributed by atoms with Crippen LogP contribution in [0.1, 0.15) is 24.2 Å². The molecule has 7 heteroatoms. The van der Waals surface area contributed by atoms with Gasteiger partial charge in [0.1, 0.15) is 5.69 Å². The molecule has 3 aromatic rings. The van der Waals surface area contributed by atoms with Gasteiger partial charge in [0.05, 0.1) is 16.7 Å². The van der Waals surface area contributed by atoms with Crippen LogP contribution in [0, 0.1) is 10.1 Å². The third-order valence-corrected chi connectivity index (χ3v) is 4.69. The maximum atomic E-state index is 10.8. The van der Waals surface area contributed by atoms with Gasteiger partial charge >= 0.3 is 0 Å². The second-order valence-electron chi connectivity index (χ2n) is 6.20. The summed E-state index contributed by atoms with van der Waals surface area (Å²) in [4.78, 5) is 26.2. The van der Waals surface area contributed by atoms with E-state index in [1.807, 2.05) is 24.4 Å². The molecule has 130 valence electrons. The fourth-order valence-electron chi connectivity index (χ4n) is 3.30. The van der Waals surface area contributed by atoms with E-state index in [0.717, 1.165) is 35.6 Å². The Balaban J connectivity index is 1.62. The number of non-ortho nitro benzene ring substituents is 1. The maximum absolute atomic E-state index is 10.8.